The van der Waals surface area contributed by atoms with Gasteiger partial charge in [0, 0.05) is 38.4 Å². The molecule has 1 aliphatic rings. The Labute approximate surface area is 150 Å². The first kappa shape index (κ1) is 18.0. The van der Waals surface area contributed by atoms with Crippen LogP contribution in [0.4, 0.5) is 16.0 Å². The molecule has 0 atom stereocenters. The lowest BCUT2D eigenvalue weighted by Gasteiger charge is -2.28. The Morgan fingerprint density at radius 1 is 1.23 bits per heavy atom. The first-order chi connectivity index (χ1) is 12.6. The number of rotatable bonds is 6. The minimum Gasteiger partial charge on any atom is -0.378 e. The Hall–Kier alpha value is -2.81. The summed E-state index contributed by atoms with van der Waals surface area (Å²) in [5.41, 5.74) is 0.192. The van der Waals surface area contributed by atoms with Crippen molar-refractivity contribution in [2.24, 2.45) is 0 Å². The Morgan fingerprint density at radius 3 is 2.81 bits per heavy atom. The van der Waals surface area contributed by atoms with Crippen LogP contribution in [-0.2, 0) is 4.74 Å². The molecule has 0 aliphatic carbocycles. The summed E-state index contributed by atoms with van der Waals surface area (Å²) in [4.78, 5) is 26.6. The van der Waals surface area contributed by atoms with E-state index in [-0.39, 0.29) is 11.5 Å². The number of pyridine rings is 1. The number of halogens is 1. The van der Waals surface area contributed by atoms with Gasteiger partial charge in [-0.3, -0.25) is 9.78 Å². The second kappa shape index (κ2) is 8.52. The van der Waals surface area contributed by atoms with Gasteiger partial charge in [0.05, 0.1) is 25.0 Å². The van der Waals surface area contributed by atoms with E-state index in [4.69, 9.17) is 4.74 Å². The minimum atomic E-state index is -0.539. The first-order valence-electron chi connectivity index (χ1n) is 8.43. The topological polar surface area (TPSA) is 92.3 Å². The zero-order valence-corrected chi connectivity index (χ0v) is 14.5. The molecule has 0 bridgehead atoms. The van der Waals surface area contributed by atoms with E-state index in [0.29, 0.717) is 37.9 Å². The zero-order valence-electron chi connectivity index (χ0n) is 14.5. The summed E-state index contributed by atoms with van der Waals surface area (Å²) in [5.74, 6) is 1.32. The minimum absolute atomic E-state index is 0.192. The lowest BCUT2D eigenvalue weighted by Crippen LogP contribution is -2.37. The molecule has 1 fully saturated rings. The number of nitrogens with one attached hydrogen (secondary N) is 2. The molecule has 1 aliphatic heterocycles. The van der Waals surface area contributed by atoms with Crippen molar-refractivity contribution >= 4 is 17.5 Å². The molecule has 2 N–H and O–H groups in total. The van der Waals surface area contributed by atoms with Crippen molar-refractivity contribution in [3.8, 4) is 0 Å². The van der Waals surface area contributed by atoms with Gasteiger partial charge in [-0.05, 0) is 13.0 Å². The smallest absolute Gasteiger partial charge is 0.253 e. The van der Waals surface area contributed by atoms with Crippen molar-refractivity contribution in [1.29, 1.82) is 0 Å². The number of aromatic nitrogens is 3. The van der Waals surface area contributed by atoms with Gasteiger partial charge in [0.2, 0.25) is 0 Å². The molecule has 0 saturated carbocycles. The molecule has 2 aromatic rings. The molecule has 0 radical (unpaired) electrons. The molecular formula is C17H21FN6O2. The number of nitrogens with zero attached hydrogens (tertiary/aromatic N) is 4. The van der Waals surface area contributed by atoms with Crippen molar-refractivity contribution in [3.05, 3.63) is 41.7 Å². The van der Waals surface area contributed by atoms with Crippen LogP contribution < -0.4 is 15.5 Å². The SMILES string of the molecule is Cc1nc(NCCNC(=O)c2cncc(F)c2)cc(N2CCOCC2)n1. The Kier molecular flexibility index (Phi) is 5.90. The van der Waals surface area contributed by atoms with Gasteiger partial charge < -0.3 is 20.3 Å². The van der Waals surface area contributed by atoms with Crippen molar-refractivity contribution in [1.82, 2.24) is 20.3 Å². The summed E-state index contributed by atoms with van der Waals surface area (Å²) in [5, 5.41) is 5.88. The Balaban J connectivity index is 1.51. The molecule has 138 valence electrons. The number of aryl methyl sites for hydroxylation is 1. The number of morpholine rings is 1. The fraction of sp³-hybridized carbons (Fsp3) is 0.412. The maximum atomic E-state index is 13.1. The van der Waals surface area contributed by atoms with Gasteiger partial charge in [0.15, 0.2) is 0 Å². The predicted octanol–water partition coefficient (Wildman–Crippen LogP) is 0.998. The van der Waals surface area contributed by atoms with E-state index in [0.717, 1.165) is 31.2 Å². The van der Waals surface area contributed by atoms with Crippen LogP contribution in [-0.4, -0.2) is 60.3 Å². The number of amides is 1. The van der Waals surface area contributed by atoms with E-state index in [1.54, 1.807) is 0 Å². The summed E-state index contributed by atoms with van der Waals surface area (Å²) in [6, 6.07) is 3.04. The third-order valence-corrected chi connectivity index (χ3v) is 3.84. The maximum absolute atomic E-state index is 13.1. The van der Waals surface area contributed by atoms with Gasteiger partial charge in [-0.1, -0.05) is 0 Å². The molecule has 26 heavy (non-hydrogen) atoms. The highest BCUT2D eigenvalue weighted by molar-refractivity contribution is 5.93. The molecule has 1 saturated heterocycles. The summed E-state index contributed by atoms with van der Waals surface area (Å²) in [7, 11) is 0. The molecule has 0 spiro atoms. The average molecular weight is 360 g/mol. The summed E-state index contributed by atoms with van der Waals surface area (Å²) < 4.78 is 18.4. The lowest BCUT2D eigenvalue weighted by atomic mass is 10.2. The van der Waals surface area contributed by atoms with Gasteiger partial charge >= 0.3 is 0 Å². The van der Waals surface area contributed by atoms with Crippen LogP contribution in [0, 0.1) is 12.7 Å². The monoisotopic (exact) mass is 360 g/mol. The fourth-order valence-electron chi connectivity index (χ4n) is 2.60. The van der Waals surface area contributed by atoms with Crippen LogP contribution in [0.5, 0.6) is 0 Å². The third-order valence-electron chi connectivity index (χ3n) is 3.84. The second-order valence-electron chi connectivity index (χ2n) is 5.83. The molecule has 3 rings (SSSR count). The van der Waals surface area contributed by atoms with Crippen LogP contribution in [0.25, 0.3) is 0 Å². The van der Waals surface area contributed by atoms with E-state index in [9.17, 15) is 9.18 Å². The van der Waals surface area contributed by atoms with Crippen LogP contribution in [0.1, 0.15) is 16.2 Å². The third kappa shape index (κ3) is 4.85. The standard InChI is InChI=1S/C17H21FN6O2/c1-12-22-15(9-16(23-12)24-4-6-26-7-5-24)20-2-3-21-17(25)13-8-14(18)11-19-10-13/h8-11H,2-7H2,1H3,(H,21,25)(H,20,22,23). The number of ether oxygens (including phenoxy) is 1. The van der Waals surface area contributed by atoms with E-state index in [2.05, 4.69) is 30.5 Å². The molecule has 2 aromatic heterocycles. The van der Waals surface area contributed by atoms with Gasteiger partial charge in [-0.25, -0.2) is 14.4 Å². The number of hydrogen-bond acceptors (Lipinski definition) is 7. The highest BCUT2D eigenvalue weighted by Crippen LogP contribution is 2.16. The molecular weight excluding hydrogens is 339 g/mol. The number of carbonyl (C=O) groups is 1. The summed E-state index contributed by atoms with van der Waals surface area (Å²) >= 11 is 0. The van der Waals surface area contributed by atoms with E-state index in [1.165, 1.54) is 6.20 Å². The van der Waals surface area contributed by atoms with Crippen molar-refractivity contribution in [3.63, 3.8) is 0 Å². The van der Waals surface area contributed by atoms with E-state index in [1.807, 2.05) is 13.0 Å². The second-order valence-corrected chi connectivity index (χ2v) is 5.83. The quantitative estimate of drug-likeness (QED) is 0.743. The van der Waals surface area contributed by atoms with E-state index < -0.39 is 5.82 Å². The largest absolute Gasteiger partial charge is 0.378 e. The molecule has 8 nitrogen and oxygen atoms in total. The molecule has 9 heteroatoms. The van der Waals surface area contributed by atoms with Gasteiger partial charge in [-0.2, -0.15) is 0 Å². The van der Waals surface area contributed by atoms with Crippen LogP contribution in [0.15, 0.2) is 24.5 Å². The Morgan fingerprint density at radius 2 is 2.04 bits per heavy atom. The Bertz CT molecular complexity index is 767. The first-order valence-corrected chi connectivity index (χ1v) is 8.43. The normalized spacial score (nSPS) is 14.2. The summed E-state index contributed by atoms with van der Waals surface area (Å²) in [6.07, 6.45) is 2.38. The van der Waals surface area contributed by atoms with Crippen LogP contribution in [0.3, 0.4) is 0 Å². The molecule has 1 amide bonds. The average Bonchev–Trinajstić information content (AvgIpc) is 2.65. The highest BCUT2D eigenvalue weighted by Gasteiger charge is 2.14. The van der Waals surface area contributed by atoms with Gasteiger partial charge in [0.1, 0.15) is 23.3 Å². The molecule has 0 unspecified atom stereocenters. The number of anilines is 2. The van der Waals surface area contributed by atoms with Gasteiger partial charge in [0.25, 0.3) is 5.91 Å². The van der Waals surface area contributed by atoms with Gasteiger partial charge in [-0.15, -0.1) is 0 Å². The van der Waals surface area contributed by atoms with Crippen molar-refractivity contribution in [2.45, 2.75) is 6.92 Å². The van der Waals surface area contributed by atoms with Crippen molar-refractivity contribution in [2.75, 3.05) is 49.6 Å². The van der Waals surface area contributed by atoms with Crippen molar-refractivity contribution < 1.29 is 13.9 Å². The molecule has 0 aromatic carbocycles. The number of carbonyl (C=O) groups excluding carboxylic acids is 1. The molecule has 3 heterocycles. The highest BCUT2D eigenvalue weighted by atomic mass is 19.1. The maximum Gasteiger partial charge on any atom is 0.253 e. The fourth-order valence-corrected chi connectivity index (χ4v) is 2.60. The van der Waals surface area contributed by atoms with E-state index >= 15 is 0 Å². The summed E-state index contributed by atoms with van der Waals surface area (Å²) in [6.45, 7) is 5.66. The zero-order chi connectivity index (χ0) is 18.4. The van der Waals surface area contributed by atoms with Crippen LogP contribution in [0.2, 0.25) is 0 Å². The number of hydrogen-bond donors (Lipinski definition) is 2. The van der Waals surface area contributed by atoms with Crippen LogP contribution >= 0.6 is 0 Å². The lowest BCUT2D eigenvalue weighted by molar-refractivity contribution is 0.0954. The predicted molar refractivity (Wildman–Crippen MR) is 94.8 cm³/mol.